The number of nitrogen functional groups attached to an aromatic ring is 1. The van der Waals surface area contributed by atoms with Crippen molar-refractivity contribution in [3.63, 3.8) is 0 Å². The summed E-state index contributed by atoms with van der Waals surface area (Å²) in [6, 6.07) is 16.1. The predicted octanol–water partition coefficient (Wildman–Crippen LogP) is 3.72. The van der Waals surface area contributed by atoms with Crippen molar-refractivity contribution in [2.75, 3.05) is 36.8 Å². The summed E-state index contributed by atoms with van der Waals surface area (Å²) >= 11 is 6.21. The summed E-state index contributed by atoms with van der Waals surface area (Å²) in [6.07, 6.45) is 2.64. The summed E-state index contributed by atoms with van der Waals surface area (Å²) in [5.41, 5.74) is 7.34. The molecule has 0 unspecified atom stereocenters. The van der Waals surface area contributed by atoms with E-state index < -0.39 is 0 Å². The SMILES string of the molecule is Nc1ncccc1C(=O)c1cccc(N2CCCN(C(=O)Cc3ccccc3Cl)CC2)n1.[HH].[HH]. The third kappa shape index (κ3) is 4.89. The van der Waals surface area contributed by atoms with Gasteiger partial charge in [0, 0.05) is 40.3 Å². The molecule has 1 aliphatic rings. The van der Waals surface area contributed by atoms with Crippen LogP contribution in [-0.2, 0) is 11.2 Å². The number of anilines is 2. The van der Waals surface area contributed by atoms with Gasteiger partial charge < -0.3 is 15.5 Å². The number of hydrogen-bond acceptors (Lipinski definition) is 6. The van der Waals surface area contributed by atoms with Gasteiger partial charge in [-0.1, -0.05) is 35.9 Å². The minimum atomic E-state index is -0.260. The van der Waals surface area contributed by atoms with E-state index in [0.717, 1.165) is 18.5 Å². The Bertz CT molecular complexity index is 1150. The van der Waals surface area contributed by atoms with Crippen molar-refractivity contribution in [3.05, 3.63) is 82.6 Å². The summed E-state index contributed by atoms with van der Waals surface area (Å²) < 4.78 is 0. The molecule has 1 aromatic carbocycles. The van der Waals surface area contributed by atoms with Crippen LogP contribution in [0, 0.1) is 0 Å². The smallest absolute Gasteiger partial charge is 0.227 e. The zero-order valence-electron chi connectivity index (χ0n) is 17.6. The van der Waals surface area contributed by atoms with Gasteiger partial charge in [0.05, 0.1) is 12.0 Å². The Labute approximate surface area is 194 Å². The van der Waals surface area contributed by atoms with Gasteiger partial charge in [-0.05, 0) is 42.3 Å². The highest BCUT2D eigenvalue weighted by Gasteiger charge is 2.22. The molecule has 1 fully saturated rings. The first-order valence-corrected chi connectivity index (χ1v) is 10.9. The van der Waals surface area contributed by atoms with Crippen LogP contribution in [0.25, 0.3) is 0 Å². The number of nitrogens with two attached hydrogens (primary N) is 1. The fraction of sp³-hybridized carbons (Fsp3) is 0.250. The van der Waals surface area contributed by atoms with Crippen molar-refractivity contribution in [2.24, 2.45) is 0 Å². The van der Waals surface area contributed by atoms with Crippen LogP contribution in [0.1, 0.15) is 30.9 Å². The molecule has 4 rings (SSSR count). The average Bonchev–Trinajstić information content (AvgIpc) is 3.07. The number of nitrogens with zero attached hydrogens (tertiary/aromatic N) is 4. The topological polar surface area (TPSA) is 92.4 Å². The van der Waals surface area contributed by atoms with Crippen molar-refractivity contribution in [3.8, 4) is 0 Å². The fourth-order valence-electron chi connectivity index (χ4n) is 3.79. The van der Waals surface area contributed by atoms with E-state index in [9.17, 15) is 9.59 Å². The summed E-state index contributed by atoms with van der Waals surface area (Å²) in [4.78, 5) is 38.2. The lowest BCUT2D eigenvalue weighted by Crippen LogP contribution is -2.36. The number of carbonyl (C=O) groups is 2. The molecule has 3 heterocycles. The van der Waals surface area contributed by atoms with Crippen molar-refractivity contribution in [2.45, 2.75) is 12.8 Å². The largest absolute Gasteiger partial charge is 0.383 e. The van der Waals surface area contributed by atoms with Gasteiger partial charge in [0.25, 0.3) is 0 Å². The quantitative estimate of drug-likeness (QED) is 0.592. The Morgan fingerprint density at radius 2 is 1.84 bits per heavy atom. The molecule has 3 aromatic rings. The van der Waals surface area contributed by atoms with E-state index in [-0.39, 0.29) is 26.8 Å². The minimum Gasteiger partial charge on any atom is -0.383 e. The van der Waals surface area contributed by atoms with Crippen LogP contribution >= 0.6 is 11.6 Å². The van der Waals surface area contributed by atoms with Crippen LogP contribution in [0.2, 0.25) is 5.02 Å². The molecular formula is C24H28ClN5O2. The molecule has 0 bridgehead atoms. The molecule has 2 N–H and O–H groups in total. The average molecular weight is 454 g/mol. The molecule has 1 saturated heterocycles. The number of halogens is 1. The normalized spacial score (nSPS) is 14.2. The molecule has 32 heavy (non-hydrogen) atoms. The van der Waals surface area contributed by atoms with Crippen molar-refractivity contribution in [1.82, 2.24) is 14.9 Å². The van der Waals surface area contributed by atoms with E-state index in [1.165, 1.54) is 0 Å². The summed E-state index contributed by atoms with van der Waals surface area (Å²) in [6.45, 7) is 2.63. The predicted molar refractivity (Wildman–Crippen MR) is 129 cm³/mol. The third-order valence-corrected chi connectivity index (χ3v) is 5.89. The van der Waals surface area contributed by atoms with Crippen LogP contribution in [-0.4, -0.2) is 52.7 Å². The van der Waals surface area contributed by atoms with Gasteiger partial charge in [-0.15, -0.1) is 0 Å². The molecule has 8 heteroatoms. The molecule has 0 aliphatic carbocycles. The van der Waals surface area contributed by atoms with Gasteiger partial charge in [-0.2, -0.15) is 0 Å². The lowest BCUT2D eigenvalue weighted by atomic mass is 10.1. The highest BCUT2D eigenvalue weighted by Crippen LogP contribution is 2.20. The molecule has 0 radical (unpaired) electrons. The number of aromatic nitrogens is 2. The number of carbonyl (C=O) groups excluding carboxylic acids is 2. The van der Waals surface area contributed by atoms with Crippen molar-refractivity contribution >= 4 is 34.9 Å². The Balaban J connectivity index is 0.00000204. The Morgan fingerprint density at radius 1 is 1.00 bits per heavy atom. The Kier molecular flexibility index (Phi) is 6.66. The first-order chi connectivity index (χ1) is 15.5. The van der Waals surface area contributed by atoms with E-state index in [1.807, 2.05) is 35.2 Å². The molecule has 0 saturated carbocycles. The molecule has 1 aliphatic heterocycles. The molecular weight excluding hydrogens is 426 g/mol. The van der Waals surface area contributed by atoms with Gasteiger partial charge in [-0.3, -0.25) is 9.59 Å². The standard InChI is InChI=1S/C24H24ClN5O2.2H2/c25-19-8-2-1-6-17(19)16-22(31)30-13-5-12-29(14-15-30)21-10-3-9-20(28-21)23(32)18-7-4-11-27-24(18)26;;/h1-4,6-11H,5,12-16H2,(H2,26,27);2*1H. The van der Waals surface area contributed by atoms with E-state index in [2.05, 4.69) is 14.9 Å². The third-order valence-electron chi connectivity index (χ3n) is 5.52. The maximum atomic E-state index is 12.8. The van der Waals surface area contributed by atoms with Crippen LogP contribution < -0.4 is 10.6 Å². The van der Waals surface area contributed by atoms with Crippen LogP contribution in [0.4, 0.5) is 11.6 Å². The van der Waals surface area contributed by atoms with E-state index in [1.54, 1.807) is 30.5 Å². The Hall–Kier alpha value is -3.45. The van der Waals surface area contributed by atoms with Crippen molar-refractivity contribution in [1.29, 1.82) is 0 Å². The number of amides is 1. The monoisotopic (exact) mass is 453 g/mol. The second-order valence-electron chi connectivity index (χ2n) is 7.64. The number of hydrogen-bond donors (Lipinski definition) is 1. The van der Waals surface area contributed by atoms with Gasteiger partial charge in [0.2, 0.25) is 11.7 Å². The second kappa shape index (κ2) is 9.78. The summed E-state index contributed by atoms with van der Waals surface area (Å²) in [5, 5.41) is 0.609. The minimum absolute atomic E-state index is 0. The first kappa shape index (κ1) is 21.8. The molecule has 1 amide bonds. The fourth-order valence-corrected chi connectivity index (χ4v) is 3.99. The zero-order valence-corrected chi connectivity index (χ0v) is 18.3. The lowest BCUT2D eigenvalue weighted by Gasteiger charge is -2.23. The van der Waals surface area contributed by atoms with E-state index >= 15 is 0 Å². The Morgan fingerprint density at radius 3 is 2.66 bits per heavy atom. The number of ketones is 1. The second-order valence-corrected chi connectivity index (χ2v) is 8.04. The van der Waals surface area contributed by atoms with Gasteiger partial charge in [-0.25, -0.2) is 9.97 Å². The molecule has 0 atom stereocenters. The van der Waals surface area contributed by atoms with Crippen LogP contribution in [0.3, 0.4) is 0 Å². The first-order valence-electron chi connectivity index (χ1n) is 10.5. The number of benzene rings is 1. The van der Waals surface area contributed by atoms with Crippen LogP contribution in [0.5, 0.6) is 0 Å². The molecule has 2 aromatic heterocycles. The van der Waals surface area contributed by atoms with Crippen LogP contribution in [0.15, 0.2) is 60.8 Å². The maximum Gasteiger partial charge on any atom is 0.227 e. The van der Waals surface area contributed by atoms with E-state index in [0.29, 0.717) is 41.7 Å². The van der Waals surface area contributed by atoms with Gasteiger partial charge in [0.1, 0.15) is 17.3 Å². The highest BCUT2D eigenvalue weighted by atomic mass is 35.5. The molecule has 0 spiro atoms. The summed E-state index contributed by atoms with van der Waals surface area (Å²) in [5.74, 6) is 0.693. The van der Waals surface area contributed by atoms with E-state index in [4.69, 9.17) is 17.3 Å². The lowest BCUT2D eigenvalue weighted by molar-refractivity contribution is -0.130. The van der Waals surface area contributed by atoms with Gasteiger partial charge >= 0.3 is 0 Å². The van der Waals surface area contributed by atoms with Crippen molar-refractivity contribution < 1.29 is 12.4 Å². The maximum absolute atomic E-state index is 12.8. The number of pyridine rings is 2. The highest BCUT2D eigenvalue weighted by molar-refractivity contribution is 6.31. The number of rotatable bonds is 5. The molecule has 7 nitrogen and oxygen atoms in total. The van der Waals surface area contributed by atoms with Gasteiger partial charge in [0.15, 0.2) is 0 Å². The summed E-state index contributed by atoms with van der Waals surface area (Å²) in [7, 11) is 0. The zero-order chi connectivity index (χ0) is 22.5. The molecule has 168 valence electrons.